The molecule has 0 aliphatic heterocycles. The number of aliphatic imine (C=N–C) groups is 1. The Bertz CT molecular complexity index is 249. The molecule has 0 aromatic carbocycles. The van der Waals surface area contributed by atoms with Crippen LogP contribution in [0.1, 0.15) is 41.5 Å². The summed E-state index contributed by atoms with van der Waals surface area (Å²) < 4.78 is 0. The average Bonchev–Trinajstić information content (AvgIpc) is 2.01. The first-order chi connectivity index (χ1) is 5.79. The van der Waals surface area contributed by atoms with Crippen LogP contribution in [0.25, 0.3) is 0 Å². The van der Waals surface area contributed by atoms with Gasteiger partial charge >= 0.3 is 0 Å². The minimum Gasteiger partial charge on any atom is -0.259 e. The van der Waals surface area contributed by atoms with Crippen LogP contribution in [0.5, 0.6) is 0 Å². The Morgan fingerprint density at radius 3 is 2.00 bits per heavy atom. The van der Waals surface area contributed by atoms with E-state index in [4.69, 9.17) is 0 Å². The molecule has 0 rings (SSSR count). The van der Waals surface area contributed by atoms with Crippen molar-refractivity contribution in [3.63, 3.8) is 0 Å². The van der Waals surface area contributed by atoms with Crippen LogP contribution in [0, 0.1) is 5.41 Å². The van der Waals surface area contributed by atoms with Crippen LogP contribution in [-0.4, -0.2) is 5.71 Å². The van der Waals surface area contributed by atoms with E-state index in [1.54, 1.807) is 0 Å². The number of hydrogen-bond donors (Lipinski definition) is 0. The average molecular weight is 179 g/mol. The van der Waals surface area contributed by atoms with E-state index < -0.39 is 0 Å². The van der Waals surface area contributed by atoms with Crippen LogP contribution < -0.4 is 0 Å². The van der Waals surface area contributed by atoms with Crippen molar-refractivity contribution in [2.45, 2.75) is 41.5 Å². The van der Waals surface area contributed by atoms with Gasteiger partial charge in [-0.3, -0.25) is 4.99 Å². The molecule has 0 aliphatic rings. The molecule has 0 unspecified atom stereocenters. The smallest absolute Gasteiger partial charge is 0.0407 e. The van der Waals surface area contributed by atoms with Gasteiger partial charge in [0.2, 0.25) is 0 Å². The Balaban J connectivity index is 4.72. The van der Waals surface area contributed by atoms with Crippen molar-refractivity contribution in [3.05, 3.63) is 23.9 Å². The van der Waals surface area contributed by atoms with E-state index in [-0.39, 0.29) is 5.41 Å². The molecule has 0 fully saturated rings. The number of hydrogen-bond acceptors (Lipinski definition) is 1. The minimum atomic E-state index is 0.113. The van der Waals surface area contributed by atoms with E-state index in [0.717, 1.165) is 17.0 Å². The molecule has 1 nitrogen and oxygen atoms in total. The van der Waals surface area contributed by atoms with E-state index in [1.807, 2.05) is 26.8 Å². The molecule has 0 saturated heterocycles. The van der Waals surface area contributed by atoms with Gasteiger partial charge in [0, 0.05) is 11.4 Å². The fraction of sp³-hybridized carbons (Fsp3) is 0.583. The first kappa shape index (κ1) is 12.2. The molecule has 0 saturated carbocycles. The van der Waals surface area contributed by atoms with Gasteiger partial charge < -0.3 is 0 Å². The highest BCUT2D eigenvalue weighted by molar-refractivity contribution is 5.99. The van der Waals surface area contributed by atoms with Crippen molar-refractivity contribution < 1.29 is 0 Å². The molecule has 74 valence electrons. The first-order valence-corrected chi connectivity index (χ1v) is 4.67. The number of nitrogens with zero attached hydrogens (tertiary/aromatic N) is 1. The topological polar surface area (TPSA) is 12.4 Å². The van der Waals surface area contributed by atoms with Crippen LogP contribution in [0.3, 0.4) is 0 Å². The lowest BCUT2D eigenvalue weighted by atomic mass is 9.85. The second kappa shape index (κ2) is 4.40. The zero-order valence-electron chi connectivity index (χ0n) is 9.73. The fourth-order valence-electron chi connectivity index (χ4n) is 0.939. The van der Waals surface area contributed by atoms with Crippen LogP contribution in [0.15, 0.2) is 28.9 Å². The van der Waals surface area contributed by atoms with Crippen molar-refractivity contribution in [2.24, 2.45) is 10.4 Å². The Hall–Kier alpha value is -0.850. The summed E-state index contributed by atoms with van der Waals surface area (Å²) in [6.07, 6.45) is 2.00. The summed E-state index contributed by atoms with van der Waals surface area (Å²) >= 11 is 0. The predicted octanol–water partition coefficient (Wildman–Crippen LogP) is 3.97. The third-order valence-corrected chi connectivity index (χ3v) is 2.10. The normalized spacial score (nSPS) is 14.6. The van der Waals surface area contributed by atoms with Gasteiger partial charge in [0.1, 0.15) is 0 Å². The maximum atomic E-state index is 4.44. The molecular weight excluding hydrogens is 158 g/mol. The summed E-state index contributed by atoms with van der Waals surface area (Å²) in [5.41, 5.74) is 3.29. The summed E-state index contributed by atoms with van der Waals surface area (Å²) in [6.45, 7) is 16.5. The lowest BCUT2D eigenvalue weighted by Gasteiger charge is -2.21. The van der Waals surface area contributed by atoms with Gasteiger partial charge in [-0.25, -0.2) is 0 Å². The zero-order valence-corrected chi connectivity index (χ0v) is 9.73. The molecule has 0 aromatic rings. The van der Waals surface area contributed by atoms with Crippen LogP contribution in [0.2, 0.25) is 0 Å². The maximum absolute atomic E-state index is 4.44. The Kier molecular flexibility index (Phi) is 4.12. The molecule has 0 spiro atoms. The second-order valence-corrected chi connectivity index (χ2v) is 4.36. The lowest BCUT2D eigenvalue weighted by Crippen LogP contribution is -2.14. The van der Waals surface area contributed by atoms with Gasteiger partial charge in [0.05, 0.1) is 0 Å². The highest BCUT2D eigenvalue weighted by Crippen LogP contribution is 2.24. The van der Waals surface area contributed by atoms with Crippen LogP contribution in [-0.2, 0) is 0 Å². The summed E-state index contributed by atoms with van der Waals surface area (Å²) in [6, 6.07) is 0. The van der Waals surface area contributed by atoms with Gasteiger partial charge in [-0.2, -0.15) is 0 Å². The molecule has 0 N–H and O–H groups in total. The predicted molar refractivity (Wildman–Crippen MR) is 61.1 cm³/mol. The van der Waals surface area contributed by atoms with Crippen LogP contribution in [0.4, 0.5) is 0 Å². The van der Waals surface area contributed by atoms with E-state index in [1.165, 1.54) is 0 Å². The summed E-state index contributed by atoms with van der Waals surface area (Å²) in [5, 5.41) is 0. The van der Waals surface area contributed by atoms with Gasteiger partial charge in [-0.15, -0.1) is 0 Å². The van der Waals surface area contributed by atoms with Gasteiger partial charge in [0.15, 0.2) is 0 Å². The zero-order chi connectivity index (χ0) is 10.6. The highest BCUT2D eigenvalue weighted by atomic mass is 14.7. The minimum absolute atomic E-state index is 0.113. The molecular formula is C12H21N. The second-order valence-electron chi connectivity index (χ2n) is 4.36. The van der Waals surface area contributed by atoms with Crippen LogP contribution >= 0.6 is 0 Å². The molecule has 0 amide bonds. The van der Waals surface area contributed by atoms with Gasteiger partial charge in [0.25, 0.3) is 0 Å². The fourth-order valence-corrected chi connectivity index (χ4v) is 0.939. The first-order valence-electron chi connectivity index (χ1n) is 4.67. The standard InChI is InChI=1S/C12H21N/c1-8-9(2)13-11(4)10(3)12(5,6)7/h8H,3H2,1-2,4-7H3/b9-8-,13-11+. The molecule has 0 atom stereocenters. The Labute approximate surface area is 82.3 Å². The SMILES string of the molecule is C=C(/C(C)=N/C(C)=C\C)C(C)(C)C. The van der Waals surface area contributed by atoms with Gasteiger partial charge in [-0.1, -0.05) is 33.4 Å². The van der Waals surface area contributed by atoms with Crippen molar-refractivity contribution in [3.8, 4) is 0 Å². The third-order valence-electron chi connectivity index (χ3n) is 2.10. The van der Waals surface area contributed by atoms with Gasteiger partial charge in [-0.05, 0) is 31.8 Å². The largest absolute Gasteiger partial charge is 0.259 e. The van der Waals surface area contributed by atoms with E-state index in [0.29, 0.717) is 0 Å². The van der Waals surface area contributed by atoms with E-state index in [2.05, 4.69) is 32.3 Å². The van der Waals surface area contributed by atoms with Crippen molar-refractivity contribution >= 4 is 5.71 Å². The number of allylic oxidation sites excluding steroid dienone is 3. The lowest BCUT2D eigenvalue weighted by molar-refractivity contribution is 0.526. The highest BCUT2D eigenvalue weighted by Gasteiger charge is 2.16. The Morgan fingerprint density at radius 2 is 1.69 bits per heavy atom. The summed E-state index contributed by atoms with van der Waals surface area (Å²) in [4.78, 5) is 4.44. The van der Waals surface area contributed by atoms with E-state index in [9.17, 15) is 0 Å². The van der Waals surface area contributed by atoms with Crippen molar-refractivity contribution in [1.29, 1.82) is 0 Å². The van der Waals surface area contributed by atoms with E-state index >= 15 is 0 Å². The molecule has 0 heterocycles. The summed E-state index contributed by atoms with van der Waals surface area (Å²) in [7, 11) is 0. The monoisotopic (exact) mass is 179 g/mol. The van der Waals surface area contributed by atoms with Crippen molar-refractivity contribution in [2.75, 3.05) is 0 Å². The van der Waals surface area contributed by atoms with Crippen molar-refractivity contribution in [1.82, 2.24) is 0 Å². The molecule has 0 aromatic heterocycles. The molecule has 0 radical (unpaired) electrons. The maximum Gasteiger partial charge on any atom is 0.0407 e. The molecule has 0 bridgehead atoms. The Morgan fingerprint density at radius 1 is 1.23 bits per heavy atom. The number of rotatable bonds is 2. The molecule has 13 heavy (non-hydrogen) atoms. The molecule has 1 heteroatoms. The summed E-state index contributed by atoms with van der Waals surface area (Å²) in [5.74, 6) is 0. The third kappa shape index (κ3) is 4.07. The molecule has 0 aliphatic carbocycles. The quantitative estimate of drug-likeness (QED) is 0.569.